The maximum Gasteiger partial charge on any atom is 0.294 e. The minimum atomic E-state index is -4.02. The summed E-state index contributed by atoms with van der Waals surface area (Å²) in [7, 11) is -4.02. The number of alkyl halides is 1. The van der Waals surface area contributed by atoms with Crippen LogP contribution in [-0.2, 0) is 16.0 Å². The van der Waals surface area contributed by atoms with Crippen molar-refractivity contribution in [3.8, 4) is 0 Å². The van der Waals surface area contributed by atoms with Gasteiger partial charge in [-0.3, -0.25) is 9.54 Å². The van der Waals surface area contributed by atoms with Crippen LogP contribution >= 0.6 is 11.6 Å². The molecule has 0 saturated heterocycles. The molecule has 0 atom stereocenters. The fourth-order valence-electron chi connectivity index (χ4n) is 1.19. The smallest absolute Gasteiger partial charge is 0.282 e. The zero-order valence-electron chi connectivity index (χ0n) is 10.3. The average molecular weight is 300 g/mol. The molecule has 1 heterocycles. The van der Waals surface area contributed by atoms with Gasteiger partial charge in [0.2, 0.25) is 0 Å². The van der Waals surface area contributed by atoms with Crippen LogP contribution in [-0.4, -0.2) is 18.0 Å². The van der Waals surface area contributed by atoms with Crippen molar-refractivity contribution in [3.63, 3.8) is 0 Å². The topological polar surface area (TPSA) is 67.3 Å². The van der Waals surface area contributed by atoms with E-state index in [-0.39, 0.29) is 4.90 Å². The molecule has 1 aromatic carbocycles. The first-order valence-electron chi connectivity index (χ1n) is 5.43. The second-order valence-electron chi connectivity index (χ2n) is 3.74. The zero-order chi connectivity index (χ0) is 14.3. The Morgan fingerprint density at radius 3 is 2.16 bits per heavy atom. The van der Waals surface area contributed by atoms with Gasteiger partial charge < -0.3 is 0 Å². The molecule has 1 N–H and O–H groups in total. The lowest BCUT2D eigenvalue weighted by atomic mass is 10.2. The summed E-state index contributed by atoms with van der Waals surface area (Å²) in [5.41, 5.74) is 1.88. The Kier molecular flexibility index (Phi) is 5.95. The SMILES string of the molecule is Cc1ccc(S(=O)(=O)O)cc1.ClCc1ccccn1. The van der Waals surface area contributed by atoms with Crippen LogP contribution in [0.1, 0.15) is 11.3 Å². The third-order valence-electron chi connectivity index (χ3n) is 2.18. The Bertz CT molecular complexity index is 598. The van der Waals surface area contributed by atoms with Gasteiger partial charge in [0.15, 0.2) is 0 Å². The van der Waals surface area contributed by atoms with E-state index < -0.39 is 10.1 Å². The van der Waals surface area contributed by atoms with Gasteiger partial charge in [-0.25, -0.2) is 0 Å². The summed E-state index contributed by atoms with van der Waals surface area (Å²) in [5.74, 6) is 0.501. The van der Waals surface area contributed by atoms with Crippen LogP contribution in [0.5, 0.6) is 0 Å². The Balaban J connectivity index is 0.000000200. The molecule has 0 radical (unpaired) electrons. The summed E-state index contributed by atoms with van der Waals surface area (Å²) < 4.78 is 29.6. The fraction of sp³-hybridized carbons (Fsp3) is 0.154. The van der Waals surface area contributed by atoms with Gasteiger partial charge >= 0.3 is 0 Å². The molecule has 0 unspecified atom stereocenters. The molecule has 0 amide bonds. The fourth-order valence-corrected chi connectivity index (χ4v) is 1.83. The van der Waals surface area contributed by atoms with Crippen molar-refractivity contribution >= 4 is 21.7 Å². The van der Waals surface area contributed by atoms with Gasteiger partial charge in [0.25, 0.3) is 10.1 Å². The molecule has 4 nitrogen and oxygen atoms in total. The second-order valence-corrected chi connectivity index (χ2v) is 5.43. The highest BCUT2D eigenvalue weighted by Gasteiger charge is 2.06. The molecule has 102 valence electrons. The average Bonchev–Trinajstić information content (AvgIpc) is 2.40. The number of halogens is 1. The van der Waals surface area contributed by atoms with Crippen LogP contribution in [0.25, 0.3) is 0 Å². The van der Waals surface area contributed by atoms with Crippen molar-refractivity contribution in [2.24, 2.45) is 0 Å². The monoisotopic (exact) mass is 299 g/mol. The highest BCUT2D eigenvalue weighted by molar-refractivity contribution is 7.85. The number of rotatable bonds is 2. The van der Waals surface area contributed by atoms with Gasteiger partial charge in [0.1, 0.15) is 0 Å². The Labute approximate surface area is 117 Å². The van der Waals surface area contributed by atoms with E-state index in [4.69, 9.17) is 16.2 Å². The van der Waals surface area contributed by atoms with Crippen LogP contribution in [0.2, 0.25) is 0 Å². The third kappa shape index (κ3) is 5.83. The highest BCUT2D eigenvalue weighted by Crippen LogP contribution is 2.08. The Morgan fingerprint density at radius 1 is 1.16 bits per heavy atom. The summed E-state index contributed by atoms with van der Waals surface area (Å²) in [6, 6.07) is 11.7. The predicted molar refractivity (Wildman–Crippen MR) is 74.8 cm³/mol. The van der Waals surface area contributed by atoms with Crippen molar-refractivity contribution in [1.82, 2.24) is 4.98 Å². The van der Waals surface area contributed by atoms with Gasteiger partial charge in [-0.15, -0.1) is 11.6 Å². The Morgan fingerprint density at radius 2 is 1.79 bits per heavy atom. The first kappa shape index (κ1) is 15.6. The van der Waals surface area contributed by atoms with Gasteiger partial charge in [-0.2, -0.15) is 8.42 Å². The predicted octanol–water partition coefficient (Wildman–Crippen LogP) is 3.06. The minimum Gasteiger partial charge on any atom is -0.282 e. The van der Waals surface area contributed by atoms with Crippen LogP contribution in [0.15, 0.2) is 53.6 Å². The summed E-state index contributed by atoms with van der Waals surface area (Å²) in [6.07, 6.45) is 1.73. The molecule has 1 aromatic heterocycles. The third-order valence-corrected chi connectivity index (χ3v) is 3.32. The van der Waals surface area contributed by atoms with Crippen molar-refractivity contribution in [2.75, 3.05) is 0 Å². The molecule has 2 rings (SSSR count). The zero-order valence-corrected chi connectivity index (χ0v) is 11.9. The van der Waals surface area contributed by atoms with Crippen LogP contribution in [0.4, 0.5) is 0 Å². The van der Waals surface area contributed by atoms with Crippen LogP contribution in [0.3, 0.4) is 0 Å². The summed E-state index contributed by atoms with van der Waals surface area (Å²) in [4.78, 5) is 3.90. The largest absolute Gasteiger partial charge is 0.294 e. The van der Waals surface area contributed by atoms with Crippen molar-refractivity contribution in [2.45, 2.75) is 17.7 Å². The highest BCUT2D eigenvalue weighted by atomic mass is 35.5. The number of benzene rings is 1. The lowest BCUT2D eigenvalue weighted by Gasteiger charge is -1.95. The van der Waals surface area contributed by atoms with Gasteiger partial charge in [0, 0.05) is 6.20 Å². The van der Waals surface area contributed by atoms with Crippen LogP contribution < -0.4 is 0 Å². The van der Waals surface area contributed by atoms with E-state index in [0.29, 0.717) is 5.88 Å². The molecule has 0 aliphatic rings. The number of nitrogens with zero attached hydrogens (tertiary/aromatic N) is 1. The minimum absolute atomic E-state index is 0.0666. The van der Waals surface area contributed by atoms with Gasteiger partial charge in [-0.05, 0) is 31.2 Å². The molecule has 0 saturated carbocycles. The number of hydrogen-bond acceptors (Lipinski definition) is 3. The van der Waals surface area contributed by atoms with E-state index in [9.17, 15) is 8.42 Å². The molecule has 19 heavy (non-hydrogen) atoms. The molecule has 0 aliphatic carbocycles. The molecule has 0 bridgehead atoms. The lowest BCUT2D eigenvalue weighted by Crippen LogP contribution is -1.96. The summed E-state index contributed by atoms with van der Waals surface area (Å²) in [5, 5.41) is 0. The first-order valence-corrected chi connectivity index (χ1v) is 7.41. The van der Waals surface area contributed by atoms with Gasteiger partial charge in [-0.1, -0.05) is 23.8 Å². The number of aromatic nitrogens is 1. The van der Waals surface area contributed by atoms with Crippen molar-refractivity contribution in [1.29, 1.82) is 0 Å². The van der Waals surface area contributed by atoms with E-state index in [1.165, 1.54) is 12.1 Å². The van der Waals surface area contributed by atoms with E-state index in [1.54, 1.807) is 18.3 Å². The first-order chi connectivity index (χ1) is 8.93. The molecular formula is C13H14ClNO3S. The normalized spacial score (nSPS) is 10.5. The maximum absolute atomic E-state index is 10.5. The van der Waals surface area contributed by atoms with E-state index in [0.717, 1.165) is 11.3 Å². The summed E-state index contributed by atoms with van der Waals surface area (Å²) in [6.45, 7) is 1.84. The van der Waals surface area contributed by atoms with Gasteiger partial charge in [0.05, 0.1) is 16.5 Å². The Hall–Kier alpha value is -1.43. The summed E-state index contributed by atoms with van der Waals surface area (Å²) >= 11 is 5.46. The lowest BCUT2D eigenvalue weighted by molar-refractivity contribution is 0.483. The van der Waals surface area contributed by atoms with E-state index in [1.807, 2.05) is 25.1 Å². The standard InChI is InChI=1S/C7H8O3S.C6H6ClN/c1-6-2-4-7(5-3-6)11(8,9)10;7-5-6-3-1-2-4-8-6/h2-5H,1H3,(H,8,9,10);1-4H,5H2. The van der Waals surface area contributed by atoms with Crippen molar-refractivity contribution in [3.05, 3.63) is 59.9 Å². The molecule has 6 heteroatoms. The molecule has 0 aliphatic heterocycles. The van der Waals surface area contributed by atoms with Crippen molar-refractivity contribution < 1.29 is 13.0 Å². The number of aryl methyl sites for hydroxylation is 1. The maximum atomic E-state index is 10.5. The molecular weight excluding hydrogens is 286 g/mol. The molecule has 0 fully saturated rings. The van der Waals surface area contributed by atoms with Crippen LogP contribution in [0, 0.1) is 6.92 Å². The number of hydrogen-bond donors (Lipinski definition) is 1. The number of pyridine rings is 1. The van der Waals surface area contributed by atoms with E-state index >= 15 is 0 Å². The quantitative estimate of drug-likeness (QED) is 0.683. The second kappa shape index (κ2) is 7.23. The molecule has 2 aromatic rings. The molecule has 0 spiro atoms. The van der Waals surface area contributed by atoms with E-state index in [2.05, 4.69) is 4.98 Å².